The summed E-state index contributed by atoms with van der Waals surface area (Å²) in [5, 5.41) is 0. The molecule has 3 nitrogen and oxygen atoms in total. The predicted octanol–water partition coefficient (Wildman–Crippen LogP) is 7.47. The maximum Gasteiger partial charge on any atom is 0.134 e. The summed E-state index contributed by atoms with van der Waals surface area (Å²) in [5.41, 5.74) is 8.89. The van der Waals surface area contributed by atoms with E-state index in [-0.39, 0.29) is 5.41 Å². The van der Waals surface area contributed by atoms with Crippen LogP contribution in [0.1, 0.15) is 76.0 Å². The molecule has 1 aromatic rings. The monoisotopic (exact) mass is 469 g/mol. The van der Waals surface area contributed by atoms with E-state index in [0.29, 0.717) is 12.5 Å². The van der Waals surface area contributed by atoms with Gasteiger partial charge >= 0.3 is 0 Å². The highest BCUT2D eigenvalue weighted by atomic mass is 16.5. The number of benzene rings is 1. The van der Waals surface area contributed by atoms with Gasteiger partial charge in [-0.05, 0) is 85.1 Å². The highest BCUT2D eigenvalue weighted by molar-refractivity contribution is 6.01. The molecule has 1 aliphatic carbocycles. The van der Waals surface area contributed by atoms with Gasteiger partial charge in [-0.3, -0.25) is 4.99 Å². The van der Waals surface area contributed by atoms with Crippen LogP contribution < -0.4 is 4.74 Å². The van der Waals surface area contributed by atoms with E-state index in [1.54, 1.807) is 7.11 Å². The number of methoxy groups -OCH3 is 1. The smallest absolute Gasteiger partial charge is 0.134 e. The first kappa shape index (κ1) is 25.3. The van der Waals surface area contributed by atoms with Gasteiger partial charge < -0.3 is 9.47 Å². The second-order valence-corrected chi connectivity index (χ2v) is 10.7. The fraction of sp³-hybridized carbons (Fsp3) is 0.469. The van der Waals surface area contributed by atoms with Gasteiger partial charge in [0.25, 0.3) is 0 Å². The molecule has 0 unspecified atom stereocenters. The van der Waals surface area contributed by atoms with E-state index in [2.05, 4.69) is 63.6 Å². The normalized spacial score (nSPS) is 22.9. The van der Waals surface area contributed by atoms with Gasteiger partial charge in [-0.2, -0.15) is 0 Å². The number of allylic oxidation sites excluding steroid dienone is 3. The van der Waals surface area contributed by atoms with Gasteiger partial charge in [-0.1, -0.05) is 51.3 Å². The molecule has 3 aliphatic rings. The summed E-state index contributed by atoms with van der Waals surface area (Å²) in [4.78, 5) is 5.38. The minimum absolute atomic E-state index is 0.0966. The van der Waals surface area contributed by atoms with Crippen molar-refractivity contribution in [2.45, 2.75) is 65.7 Å². The Labute approximate surface area is 211 Å². The maximum atomic E-state index is 5.89. The number of rotatable bonds is 4. The van der Waals surface area contributed by atoms with Gasteiger partial charge in [0.15, 0.2) is 0 Å². The van der Waals surface area contributed by atoms with E-state index in [9.17, 15) is 0 Å². The lowest BCUT2D eigenvalue weighted by Gasteiger charge is -2.29. The van der Waals surface area contributed by atoms with Crippen LogP contribution in [0.15, 0.2) is 58.3 Å². The Morgan fingerprint density at radius 2 is 1.97 bits per heavy atom. The molecule has 0 atom stereocenters. The summed E-state index contributed by atoms with van der Waals surface area (Å²) in [5.74, 6) is 4.02. The summed E-state index contributed by atoms with van der Waals surface area (Å²) in [6.07, 6.45) is 20.1. The van der Waals surface area contributed by atoms with Gasteiger partial charge in [0.2, 0.25) is 0 Å². The third kappa shape index (κ3) is 5.54. The lowest BCUT2D eigenvalue weighted by atomic mass is 9.79. The van der Waals surface area contributed by atoms with Crippen molar-refractivity contribution in [3.8, 4) is 18.1 Å². The van der Waals surface area contributed by atoms with Crippen LogP contribution in [0.4, 0.5) is 0 Å². The molecule has 0 aromatic heterocycles. The molecule has 1 saturated carbocycles. The number of hydrogen-bond donors (Lipinski definition) is 0. The maximum absolute atomic E-state index is 5.89. The molecule has 2 heterocycles. The van der Waals surface area contributed by atoms with Gasteiger partial charge in [-0.15, -0.1) is 6.42 Å². The number of ether oxygens (including phenoxy) is 2. The topological polar surface area (TPSA) is 30.8 Å². The number of aliphatic imine (C=N–C) groups is 1. The first-order valence-corrected chi connectivity index (χ1v) is 13.0. The number of hydrogen-bond acceptors (Lipinski definition) is 3. The Hall–Kier alpha value is -2.83. The lowest BCUT2D eigenvalue weighted by molar-refractivity contribution is 0.0903. The van der Waals surface area contributed by atoms with Crippen molar-refractivity contribution in [1.29, 1.82) is 0 Å². The van der Waals surface area contributed by atoms with Crippen LogP contribution in [-0.4, -0.2) is 26.0 Å². The highest BCUT2D eigenvalue weighted by Crippen LogP contribution is 2.39. The molecule has 1 aromatic carbocycles. The van der Waals surface area contributed by atoms with Crippen molar-refractivity contribution < 1.29 is 9.47 Å². The second kappa shape index (κ2) is 10.8. The van der Waals surface area contributed by atoms with E-state index in [1.807, 2.05) is 0 Å². The molecule has 0 N–H and O–H groups in total. The van der Waals surface area contributed by atoms with Crippen LogP contribution in [-0.2, 0) is 11.2 Å². The summed E-state index contributed by atoms with van der Waals surface area (Å²) >= 11 is 0. The van der Waals surface area contributed by atoms with Gasteiger partial charge in [0.05, 0.1) is 31.6 Å². The van der Waals surface area contributed by atoms with Crippen molar-refractivity contribution >= 4 is 11.8 Å². The molecular formula is C32H39NO2. The Kier molecular flexibility index (Phi) is 7.82. The average molecular weight is 470 g/mol. The number of nitrogens with zero attached hydrogens (tertiary/aromatic N) is 1. The van der Waals surface area contributed by atoms with Crippen LogP contribution >= 0.6 is 0 Å². The summed E-state index contributed by atoms with van der Waals surface area (Å²) < 4.78 is 11.5. The minimum atomic E-state index is -0.0966. The molecule has 1 fully saturated rings. The fourth-order valence-corrected chi connectivity index (χ4v) is 5.57. The zero-order valence-electron chi connectivity index (χ0n) is 21.9. The SMILES string of the molecule is C#Cc1cc2c(cc1OC)CC/C(C)=C(\C(=C)C1=CCCOCC1(C)C)N=C(C1CCCC1)C=C2. The first-order chi connectivity index (χ1) is 16.8. The van der Waals surface area contributed by atoms with E-state index >= 15 is 0 Å². The van der Waals surface area contributed by atoms with Crippen molar-refractivity contribution in [2.24, 2.45) is 16.3 Å². The molecule has 0 radical (unpaired) electrons. The number of terminal acetylenes is 1. The molecule has 0 bridgehead atoms. The first-order valence-electron chi connectivity index (χ1n) is 13.0. The quantitative estimate of drug-likeness (QED) is 0.428. The molecular weight excluding hydrogens is 430 g/mol. The van der Waals surface area contributed by atoms with Gasteiger partial charge in [0.1, 0.15) is 5.75 Å². The van der Waals surface area contributed by atoms with Crippen molar-refractivity contribution in [3.63, 3.8) is 0 Å². The average Bonchev–Trinajstić information content (AvgIpc) is 3.32. The zero-order chi connectivity index (χ0) is 25.0. The standard InChI is InChI=1S/C32H39NO2/c1-7-24-19-26-16-17-29(25-11-8-9-12-25)33-31(22(2)14-15-27(26)20-30(24)34-6)23(3)28-13-10-18-35-21-32(28,4)5/h1,13,16-17,19-20,25H,3,8-12,14-15,18,21H2,2,4-6H3/b17-16?,31-22+,33-29?. The molecule has 0 saturated heterocycles. The molecule has 184 valence electrons. The van der Waals surface area contributed by atoms with E-state index < -0.39 is 0 Å². The molecule has 0 spiro atoms. The van der Waals surface area contributed by atoms with Gasteiger partial charge in [0, 0.05) is 17.0 Å². The van der Waals surface area contributed by atoms with Crippen molar-refractivity contribution in [1.82, 2.24) is 0 Å². The largest absolute Gasteiger partial charge is 0.495 e. The molecule has 4 rings (SSSR count). The van der Waals surface area contributed by atoms with Crippen LogP contribution in [0.3, 0.4) is 0 Å². The Morgan fingerprint density at radius 3 is 2.69 bits per heavy atom. The molecule has 2 aliphatic heterocycles. The van der Waals surface area contributed by atoms with Crippen molar-refractivity contribution in [3.05, 3.63) is 70.0 Å². The van der Waals surface area contributed by atoms with Crippen LogP contribution in [0, 0.1) is 23.7 Å². The summed E-state index contributed by atoms with van der Waals surface area (Å²) in [7, 11) is 1.68. The highest BCUT2D eigenvalue weighted by Gasteiger charge is 2.30. The lowest BCUT2D eigenvalue weighted by Crippen LogP contribution is -2.22. The third-order valence-corrected chi connectivity index (χ3v) is 7.65. The number of aryl methyl sites for hydroxylation is 1. The molecule has 35 heavy (non-hydrogen) atoms. The molecule has 3 heteroatoms. The van der Waals surface area contributed by atoms with Crippen LogP contribution in [0.5, 0.6) is 5.75 Å². The Balaban J connectivity index is 1.82. The molecule has 0 amide bonds. The van der Waals surface area contributed by atoms with E-state index in [1.165, 1.54) is 42.4 Å². The summed E-state index contributed by atoms with van der Waals surface area (Å²) in [6, 6.07) is 4.19. The van der Waals surface area contributed by atoms with E-state index in [0.717, 1.165) is 59.7 Å². The Morgan fingerprint density at radius 1 is 1.20 bits per heavy atom. The summed E-state index contributed by atoms with van der Waals surface area (Å²) in [6.45, 7) is 12.8. The fourth-order valence-electron chi connectivity index (χ4n) is 5.57. The second-order valence-electron chi connectivity index (χ2n) is 10.7. The third-order valence-electron chi connectivity index (χ3n) is 7.65. The van der Waals surface area contributed by atoms with Crippen molar-refractivity contribution in [2.75, 3.05) is 20.3 Å². The van der Waals surface area contributed by atoms with E-state index in [4.69, 9.17) is 20.9 Å². The van der Waals surface area contributed by atoms with Crippen LogP contribution in [0.2, 0.25) is 0 Å². The zero-order valence-corrected chi connectivity index (χ0v) is 21.9. The number of fused-ring (bicyclic) bond motifs is 1. The Bertz CT molecular complexity index is 1150. The minimum Gasteiger partial charge on any atom is -0.495 e. The van der Waals surface area contributed by atoms with Gasteiger partial charge in [-0.25, -0.2) is 0 Å². The predicted molar refractivity (Wildman–Crippen MR) is 147 cm³/mol. The van der Waals surface area contributed by atoms with Crippen LogP contribution in [0.25, 0.3) is 6.08 Å².